The van der Waals surface area contributed by atoms with E-state index in [2.05, 4.69) is 48.5 Å². The van der Waals surface area contributed by atoms with Crippen LogP contribution in [0.25, 0.3) is 0 Å². The van der Waals surface area contributed by atoms with Gasteiger partial charge in [-0.1, -0.05) is 36.4 Å². The van der Waals surface area contributed by atoms with E-state index in [9.17, 15) is 0 Å². The summed E-state index contributed by atoms with van der Waals surface area (Å²) >= 11 is 0. The Hall–Kier alpha value is 0.384. The summed E-state index contributed by atoms with van der Waals surface area (Å²) in [5.41, 5.74) is 2.73. The highest BCUT2D eigenvalue weighted by atomic mass is 33.8. The molecule has 0 heterocycles. The van der Waals surface area contributed by atoms with Crippen LogP contribution in [-0.4, -0.2) is 57.3 Å². The lowest BCUT2D eigenvalue weighted by Gasteiger charge is -2.28. The second-order valence-electron chi connectivity index (χ2n) is 9.26. The van der Waals surface area contributed by atoms with Crippen LogP contribution >= 0.6 is 51.1 Å². The van der Waals surface area contributed by atoms with Gasteiger partial charge >= 0.3 is 17.6 Å². The second-order valence-corrected chi connectivity index (χ2v) is 22.2. The van der Waals surface area contributed by atoms with E-state index in [1.165, 1.54) is 20.9 Å². The number of benzene rings is 2. The number of aryl methyl sites for hydroxylation is 2. The first-order valence-corrected chi connectivity index (χ1v) is 25.4. The van der Waals surface area contributed by atoms with Crippen molar-refractivity contribution in [2.45, 2.75) is 89.1 Å². The van der Waals surface area contributed by atoms with E-state index in [1.54, 1.807) is 0 Å². The Bertz CT molecular complexity index is 897. The molecule has 0 spiro atoms. The third-order valence-electron chi connectivity index (χ3n) is 6.29. The number of rotatable bonds is 26. The van der Waals surface area contributed by atoms with Crippen molar-refractivity contribution in [2.75, 3.05) is 39.6 Å². The molecule has 0 amide bonds. The Morgan fingerprint density at radius 3 is 1.12 bits per heavy atom. The van der Waals surface area contributed by atoms with Crippen LogP contribution in [0.5, 0.6) is 0 Å². The van der Waals surface area contributed by atoms with E-state index in [4.69, 9.17) is 26.6 Å². The number of hydrogen-bond acceptors (Lipinski definition) is 11. The van der Waals surface area contributed by atoms with Gasteiger partial charge in [-0.3, -0.25) is 0 Å². The van der Waals surface area contributed by atoms with Crippen molar-refractivity contribution in [1.82, 2.24) is 0 Å². The maximum atomic E-state index is 6.04. The Labute approximate surface area is 281 Å². The van der Waals surface area contributed by atoms with Crippen molar-refractivity contribution >= 4 is 68.7 Å². The molecule has 13 heteroatoms. The topological polar surface area (TPSA) is 55.4 Å². The van der Waals surface area contributed by atoms with Gasteiger partial charge in [-0.2, -0.15) is 0 Å². The van der Waals surface area contributed by atoms with E-state index in [0.29, 0.717) is 39.6 Å². The van der Waals surface area contributed by atoms with Crippen LogP contribution < -0.4 is 0 Å². The zero-order chi connectivity index (χ0) is 31.2. The molecule has 0 bridgehead atoms. The van der Waals surface area contributed by atoms with Crippen molar-refractivity contribution in [3.8, 4) is 0 Å². The molecule has 0 N–H and O–H groups in total. The predicted molar refractivity (Wildman–Crippen MR) is 195 cm³/mol. The molecule has 2 aromatic carbocycles. The molecule has 0 unspecified atom stereocenters. The van der Waals surface area contributed by atoms with Gasteiger partial charge < -0.3 is 26.6 Å². The molecule has 2 aromatic rings. The van der Waals surface area contributed by atoms with E-state index >= 15 is 0 Å². The van der Waals surface area contributed by atoms with Crippen LogP contribution in [0.3, 0.4) is 0 Å². The largest absolute Gasteiger partial charge is 0.500 e. The van der Waals surface area contributed by atoms with Crippen molar-refractivity contribution in [1.29, 1.82) is 0 Å². The monoisotopic (exact) mass is 722 g/mol. The fourth-order valence-corrected chi connectivity index (χ4v) is 18.6. The minimum atomic E-state index is -2.61. The molecule has 0 saturated heterocycles. The Morgan fingerprint density at radius 2 is 0.791 bits per heavy atom. The summed E-state index contributed by atoms with van der Waals surface area (Å²) in [7, 11) is 3.88. The maximum absolute atomic E-state index is 6.04. The zero-order valence-electron chi connectivity index (χ0n) is 26.6. The fraction of sp³-hybridized carbons (Fsp3) is 0.600. The van der Waals surface area contributed by atoms with Gasteiger partial charge in [0.25, 0.3) is 0 Å². The summed E-state index contributed by atoms with van der Waals surface area (Å²) in [6, 6.07) is 19.1. The van der Waals surface area contributed by atoms with Gasteiger partial charge in [0, 0.05) is 61.5 Å². The number of hydrogen-bond donors (Lipinski definition) is 0. The SMILES string of the molecule is CCO[Si](CCCc1ccccc1SSSSSc1ccccc1CCC[Si](OCC)(OCC)OCC)(OCC)OCC. The summed E-state index contributed by atoms with van der Waals surface area (Å²) in [5.74, 6) is 0. The van der Waals surface area contributed by atoms with E-state index < -0.39 is 17.6 Å². The van der Waals surface area contributed by atoms with Gasteiger partial charge in [0.05, 0.1) is 0 Å². The normalized spacial score (nSPS) is 12.2. The third-order valence-corrected chi connectivity index (χ3v) is 21.0. The first-order chi connectivity index (χ1) is 21.0. The minimum Gasteiger partial charge on any atom is -0.374 e. The quantitative estimate of drug-likeness (QED) is 0.0530. The molecule has 0 aliphatic heterocycles. The van der Waals surface area contributed by atoms with Crippen LogP contribution in [-0.2, 0) is 39.4 Å². The van der Waals surface area contributed by atoms with Crippen molar-refractivity contribution in [3.05, 3.63) is 59.7 Å². The average Bonchev–Trinajstić information content (AvgIpc) is 2.99. The van der Waals surface area contributed by atoms with Crippen LogP contribution in [0, 0.1) is 0 Å². The summed E-state index contributed by atoms with van der Waals surface area (Å²) in [5, 5.41) is 0. The molecule has 6 nitrogen and oxygen atoms in total. The predicted octanol–water partition coefficient (Wildman–Crippen LogP) is 10.4. The van der Waals surface area contributed by atoms with Crippen molar-refractivity contribution in [3.63, 3.8) is 0 Å². The highest BCUT2D eigenvalue weighted by molar-refractivity contribution is 9.35. The molecule has 0 aliphatic carbocycles. The molecular formula is C30H50O6S5Si2. The molecule has 2 rings (SSSR count). The molecular weight excluding hydrogens is 673 g/mol. The van der Waals surface area contributed by atoms with Crippen molar-refractivity contribution < 1.29 is 26.6 Å². The zero-order valence-corrected chi connectivity index (χ0v) is 32.7. The van der Waals surface area contributed by atoms with E-state index in [1.807, 2.05) is 92.6 Å². The van der Waals surface area contributed by atoms with Crippen molar-refractivity contribution in [2.24, 2.45) is 0 Å². The Morgan fingerprint density at radius 1 is 0.465 bits per heavy atom. The van der Waals surface area contributed by atoms with E-state index in [-0.39, 0.29) is 0 Å². The van der Waals surface area contributed by atoms with Gasteiger partial charge in [-0.25, -0.2) is 0 Å². The average molecular weight is 723 g/mol. The van der Waals surface area contributed by atoms with Crippen LogP contribution in [0.15, 0.2) is 58.3 Å². The smallest absolute Gasteiger partial charge is 0.374 e. The molecule has 0 aliphatic rings. The third kappa shape index (κ3) is 14.8. The maximum Gasteiger partial charge on any atom is 0.500 e. The molecule has 0 atom stereocenters. The van der Waals surface area contributed by atoms with Gasteiger partial charge in [0.1, 0.15) is 0 Å². The fourth-order valence-electron chi connectivity index (χ4n) is 4.69. The molecule has 0 radical (unpaired) electrons. The van der Waals surface area contributed by atoms with E-state index in [0.717, 1.165) is 37.8 Å². The highest BCUT2D eigenvalue weighted by Gasteiger charge is 2.40. The summed E-state index contributed by atoms with van der Waals surface area (Å²) < 4.78 is 36.3. The molecule has 0 fully saturated rings. The molecule has 43 heavy (non-hydrogen) atoms. The summed E-state index contributed by atoms with van der Waals surface area (Å²) in [6.45, 7) is 15.8. The second kappa shape index (κ2) is 23.7. The van der Waals surface area contributed by atoms with Gasteiger partial charge in [-0.15, -0.1) is 0 Å². The van der Waals surface area contributed by atoms with Gasteiger partial charge in [0.2, 0.25) is 0 Å². The van der Waals surface area contributed by atoms with Crippen LogP contribution in [0.1, 0.15) is 65.5 Å². The van der Waals surface area contributed by atoms with Gasteiger partial charge in [0.15, 0.2) is 0 Å². The summed E-state index contributed by atoms with van der Waals surface area (Å²) in [6.07, 6.45) is 3.91. The lowest BCUT2D eigenvalue weighted by molar-refractivity contribution is 0.0700. The highest BCUT2D eigenvalue weighted by Crippen LogP contribution is 2.53. The molecule has 0 saturated carbocycles. The van der Waals surface area contributed by atoms with Gasteiger partial charge in [-0.05, 0) is 142 Å². The lowest BCUT2D eigenvalue weighted by Crippen LogP contribution is -2.46. The Balaban J connectivity index is 1.85. The van der Waals surface area contributed by atoms with Crippen LogP contribution in [0.2, 0.25) is 12.1 Å². The lowest BCUT2D eigenvalue weighted by atomic mass is 10.1. The molecule has 244 valence electrons. The van der Waals surface area contributed by atoms with Crippen LogP contribution in [0.4, 0.5) is 0 Å². The Kier molecular flexibility index (Phi) is 21.8. The first kappa shape index (κ1) is 39.6. The first-order valence-electron chi connectivity index (χ1n) is 15.3. The minimum absolute atomic E-state index is 0.616. The molecule has 0 aromatic heterocycles. The summed E-state index contributed by atoms with van der Waals surface area (Å²) in [4.78, 5) is 2.63. The standard InChI is InChI=1S/C30H50O6S5Si2/c1-7-31-42(32-8-2,33-9-3)25-17-21-27-19-13-15-23-29(27)37-39-41-40-38-30-24-16-14-20-28(30)22-18-26-43(34-10-4,35-11-5)36-12-6/h13-16,19-20,23-24H,7-12,17-18,21-22,25-26H2,1-6H3.